The van der Waals surface area contributed by atoms with Crippen LogP contribution in [0.15, 0.2) is 29.3 Å². The zero-order valence-electron chi connectivity index (χ0n) is 20.0. The number of hydrogen-bond donors (Lipinski definition) is 2. The molecular weight excluding hydrogens is 501 g/mol. The summed E-state index contributed by atoms with van der Waals surface area (Å²) in [4.78, 5) is 21.6. The molecule has 1 fully saturated rings. The molecule has 1 heterocycles. The average Bonchev–Trinajstić information content (AvgIpc) is 2.77. The minimum Gasteiger partial charge on any atom is -0.357 e. The maximum atomic E-state index is 12.5. The molecule has 1 saturated heterocycles. The first-order valence-electron chi connectivity index (χ1n) is 11.6. The normalized spacial score (nSPS) is 15.2. The van der Waals surface area contributed by atoms with E-state index in [1.54, 1.807) is 0 Å². The van der Waals surface area contributed by atoms with Crippen LogP contribution in [0.3, 0.4) is 0 Å². The van der Waals surface area contributed by atoms with Gasteiger partial charge < -0.3 is 15.5 Å². The lowest BCUT2D eigenvalue weighted by atomic mass is 9.98. The summed E-state index contributed by atoms with van der Waals surface area (Å²) in [5.41, 5.74) is 1.93. The molecule has 1 aliphatic rings. The molecule has 0 aromatic heterocycles. The highest BCUT2D eigenvalue weighted by atomic mass is 127. The van der Waals surface area contributed by atoms with Gasteiger partial charge in [0.25, 0.3) is 5.91 Å². The van der Waals surface area contributed by atoms with Crippen molar-refractivity contribution >= 4 is 35.8 Å². The van der Waals surface area contributed by atoms with Gasteiger partial charge in [0.15, 0.2) is 5.96 Å². The number of likely N-dealkylation sites (tertiary alicyclic amines) is 1. The van der Waals surface area contributed by atoms with E-state index in [0.29, 0.717) is 6.54 Å². The number of hydrogen-bond acceptors (Lipinski definition) is 3. The number of amides is 1. The monoisotopic (exact) mass is 543 g/mol. The number of carbonyl (C=O) groups excluding carboxylic acids is 1. The van der Waals surface area contributed by atoms with Gasteiger partial charge in [-0.1, -0.05) is 18.6 Å². The van der Waals surface area contributed by atoms with Crippen LogP contribution < -0.4 is 10.6 Å². The van der Waals surface area contributed by atoms with Gasteiger partial charge in [-0.3, -0.25) is 9.69 Å². The molecule has 6 nitrogen and oxygen atoms in total. The third-order valence-corrected chi connectivity index (χ3v) is 5.92. The SMILES string of the molecule is CCNC(=NCc1ccc(C(=O)N(CC)CC)cc1)NCC(C)(C)N1CCCCC1.I. The smallest absolute Gasteiger partial charge is 0.253 e. The van der Waals surface area contributed by atoms with Crippen molar-refractivity contribution in [3.05, 3.63) is 35.4 Å². The zero-order chi connectivity index (χ0) is 22.0. The first-order chi connectivity index (χ1) is 14.4. The molecule has 2 N–H and O–H groups in total. The van der Waals surface area contributed by atoms with Gasteiger partial charge in [-0.2, -0.15) is 0 Å². The first kappa shape index (κ1) is 27.7. The van der Waals surface area contributed by atoms with Crippen molar-refractivity contribution in [2.24, 2.45) is 4.99 Å². The second-order valence-electron chi connectivity index (χ2n) is 8.58. The Hall–Kier alpha value is -1.35. The number of halogens is 1. The summed E-state index contributed by atoms with van der Waals surface area (Å²) in [6.07, 6.45) is 3.94. The maximum Gasteiger partial charge on any atom is 0.253 e. The molecule has 7 heteroatoms. The second kappa shape index (κ2) is 13.9. The Balaban J connectivity index is 0.00000480. The summed E-state index contributed by atoms with van der Waals surface area (Å²) in [5.74, 6) is 0.927. The van der Waals surface area contributed by atoms with Crippen LogP contribution in [0.5, 0.6) is 0 Å². The van der Waals surface area contributed by atoms with Gasteiger partial charge in [0.2, 0.25) is 0 Å². The number of nitrogens with one attached hydrogen (secondary N) is 2. The molecule has 0 aliphatic carbocycles. The van der Waals surface area contributed by atoms with Crippen LogP contribution in [0.25, 0.3) is 0 Å². The van der Waals surface area contributed by atoms with Gasteiger partial charge in [-0.05, 0) is 78.2 Å². The summed E-state index contributed by atoms with van der Waals surface area (Å²) < 4.78 is 0. The predicted molar refractivity (Wildman–Crippen MR) is 141 cm³/mol. The van der Waals surface area contributed by atoms with Crippen molar-refractivity contribution in [2.45, 2.75) is 66.0 Å². The van der Waals surface area contributed by atoms with E-state index in [-0.39, 0.29) is 35.4 Å². The van der Waals surface area contributed by atoms with Crippen LogP contribution in [0.4, 0.5) is 0 Å². The van der Waals surface area contributed by atoms with Crippen LogP contribution in [0, 0.1) is 0 Å². The number of rotatable bonds is 9. The Morgan fingerprint density at radius 1 is 1.03 bits per heavy atom. The van der Waals surface area contributed by atoms with E-state index in [9.17, 15) is 4.79 Å². The van der Waals surface area contributed by atoms with Crippen LogP contribution in [-0.4, -0.2) is 66.5 Å². The summed E-state index contributed by atoms with van der Waals surface area (Å²) in [6.45, 7) is 16.8. The Morgan fingerprint density at radius 3 is 2.19 bits per heavy atom. The fraction of sp³-hybridized carbons (Fsp3) is 0.667. The Bertz CT molecular complexity index is 680. The quantitative estimate of drug-likeness (QED) is 0.280. The van der Waals surface area contributed by atoms with Crippen LogP contribution in [0.1, 0.15) is 69.8 Å². The van der Waals surface area contributed by atoms with E-state index in [4.69, 9.17) is 4.99 Å². The Kier molecular flexibility index (Phi) is 12.4. The molecule has 0 atom stereocenters. The topological polar surface area (TPSA) is 60.0 Å². The highest BCUT2D eigenvalue weighted by Gasteiger charge is 2.27. The minimum absolute atomic E-state index is 0. The highest BCUT2D eigenvalue weighted by Crippen LogP contribution is 2.19. The van der Waals surface area contributed by atoms with Gasteiger partial charge in [0.1, 0.15) is 0 Å². The number of guanidine groups is 1. The fourth-order valence-corrected chi connectivity index (χ4v) is 3.87. The summed E-state index contributed by atoms with van der Waals surface area (Å²) in [7, 11) is 0. The molecule has 0 saturated carbocycles. The molecule has 1 aliphatic heterocycles. The first-order valence-corrected chi connectivity index (χ1v) is 11.6. The highest BCUT2D eigenvalue weighted by molar-refractivity contribution is 14.0. The van der Waals surface area contributed by atoms with Crippen molar-refractivity contribution in [1.82, 2.24) is 20.4 Å². The Labute approximate surface area is 206 Å². The third kappa shape index (κ3) is 8.60. The molecule has 176 valence electrons. The maximum absolute atomic E-state index is 12.5. The minimum atomic E-state index is 0. The lowest BCUT2D eigenvalue weighted by Gasteiger charge is -2.41. The average molecular weight is 544 g/mol. The lowest BCUT2D eigenvalue weighted by molar-refractivity contribution is 0.0773. The van der Waals surface area contributed by atoms with Crippen LogP contribution in [0.2, 0.25) is 0 Å². The second-order valence-corrected chi connectivity index (χ2v) is 8.58. The van der Waals surface area contributed by atoms with Crippen molar-refractivity contribution in [1.29, 1.82) is 0 Å². The van der Waals surface area contributed by atoms with Crippen LogP contribution in [-0.2, 0) is 6.54 Å². The van der Waals surface area contributed by atoms with Gasteiger partial charge in [-0.15, -0.1) is 24.0 Å². The molecule has 0 bridgehead atoms. The van der Waals surface area contributed by atoms with Crippen LogP contribution >= 0.6 is 24.0 Å². The molecule has 0 spiro atoms. The number of carbonyl (C=O) groups is 1. The summed E-state index contributed by atoms with van der Waals surface area (Å²) in [6, 6.07) is 7.82. The molecule has 1 aromatic carbocycles. The Morgan fingerprint density at radius 2 is 1.65 bits per heavy atom. The molecule has 1 amide bonds. The predicted octanol–water partition coefficient (Wildman–Crippen LogP) is 4.11. The summed E-state index contributed by atoms with van der Waals surface area (Å²) >= 11 is 0. The number of nitrogens with zero attached hydrogens (tertiary/aromatic N) is 3. The van der Waals surface area contributed by atoms with Gasteiger partial charge >= 0.3 is 0 Å². The molecule has 2 rings (SSSR count). The van der Waals surface area contributed by atoms with Crippen molar-refractivity contribution in [3.8, 4) is 0 Å². The van der Waals surface area contributed by atoms with Crippen molar-refractivity contribution in [3.63, 3.8) is 0 Å². The van der Waals surface area contributed by atoms with E-state index >= 15 is 0 Å². The molecule has 0 radical (unpaired) electrons. The largest absolute Gasteiger partial charge is 0.357 e. The molecule has 1 aromatic rings. The third-order valence-electron chi connectivity index (χ3n) is 5.92. The van der Waals surface area contributed by atoms with Crippen molar-refractivity contribution < 1.29 is 4.79 Å². The van der Waals surface area contributed by atoms with Gasteiger partial charge in [0, 0.05) is 37.3 Å². The van der Waals surface area contributed by atoms with Gasteiger partial charge in [0.05, 0.1) is 6.54 Å². The molecule has 31 heavy (non-hydrogen) atoms. The standard InChI is InChI=1S/C24H41N5O.HI/c1-6-25-23(27-19-24(4,5)29-16-10-9-11-17-29)26-18-20-12-14-21(15-13-20)22(30)28(7-2)8-3;/h12-15H,6-11,16-19H2,1-5H3,(H2,25,26,27);1H. The van der Waals surface area contributed by atoms with Crippen molar-refractivity contribution in [2.75, 3.05) is 39.3 Å². The van der Waals surface area contributed by atoms with E-state index < -0.39 is 0 Å². The van der Waals surface area contributed by atoms with Gasteiger partial charge in [-0.25, -0.2) is 4.99 Å². The fourth-order valence-electron chi connectivity index (χ4n) is 3.87. The molecule has 0 unspecified atom stereocenters. The van der Waals surface area contributed by atoms with E-state index in [2.05, 4.69) is 36.3 Å². The van der Waals surface area contributed by atoms with E-state index in [1.807, 2.05) is 43.0 Å². The zero-order valence-corrected chi connectivity index (χ0v) is 22.4. The number of benzene rings is 1. The van der Waals surface area contributed by atoms with E-state index in [0.717, 1.165) is 43.3 Å². The van der Waals surface area contributed by atoms with E-state index in [1.165, 1.54) is 32.4 Å². The summed E-state index contributed by atoms with van der Waals surface area (Å²) in [5, 5.41) is 6.87. The molecular formula is C24H42IN5O. The number of aliphatic imine (C=N–C) groups is 1. The lowest BCUT2D eigenvalue weighted by Crippen LogP contribution is -2.54. The number of piperidine rings is 1.